The van der Waals surface area contributed by atoms with E-state index < -0.39 is 10.0 Å². The predicted octanol–water partition coefficient (Wildman–Crippen LogP) is 3.59. The lowest BCUT2D eigenvalue weighted by atomic mass is 10.1. The molecule has 1 N–H and O–H groups in total. The van der Waals surface area contributed by atoms with Gasteiger partial charge in [-0.15, -0.1) is 11.3 Å². The van der Waals surface area contributed by atoms with E-state index in [9.17, 15) is 13.2 Å². The third kappa shape index (κ3) is 5.06. The number of benzene rings is 1. The molecule has 2 heterocycles. The van der Waals surface area contributed by atoms with Crippen LogP contribution in [0, 0.1) is 6.92 Å². The van der Waals surface area contributed by atoms with Crippen LogP contribution < -0.4 is 5.32 Å². The van der Waals surface area contributed by atoms with E-state index in [1.165, 1.54) is 26.1 Å². The van der Waals surface area contributed by atoms with Crippen molar-refractivity contribution in [3.05, 3.63) is 45.6 Å². The minimum atomic E-state index is -3.50. The van der Waals surface area contributed by atoms with Gasteiger partial charge < -0.3 is 10.2 Å². The lowest BCUT2D eigenvalue weighted by Crippen LogP contribution is -2.48. The van der Waals surface area contributed by atoms with Gasteiger partial charge in [-0.25, -0.2) is 8.42 Å². The first-order chi connectivity index (χ1) is 13.8. The topological polar surface area (TPSA) is 69.7 Å². The second kappa shape index (κ2) is 9.38. The summed E-state index contributed by atoms with van der Waals surface area (Å²) >= 11 is 1.49. The molecule has 0 radical (unpaired) electrons. The maximum Gasteiger partial charge on any atom is 0.265 e. The molecule has 0 saturated carbocycles. The first-order valence-electron chi connectivity index (χ1n) is 10.1. The van der Waals surface area contributed by atoms with Gasteiger partial charge in [-0.3, -0.25) is 4.79 Å². The number of aryl methyl sites for hydroxylation is 2. The first kappa shape index (κ1) is 22.0. The van der Waals surface area contributed by atoms with E-state index >= 15 is 0 Å². The number of likely N-dealkylation sites (N-methyl/N-ethyl adjacent to an activating group) is 1. The second-order valence-corrected chi connectivity index (χ2v) is 10.5. The van der Waals surface area contributed by atoms with Crippen LogP contribution in [0.15, 0.2) is 35.2 Å². The summed E-state index contributed by atoms with van der Waals surface area (Å²) in [5, 5.41) is 2.87. The number of nitrogens with zero attached hydrogens (tertiary/aromatic N) is 2. The van der Waals surface area contributed by atoms with Crippen LogP contribution in [-0.2, 0) is 16.4 Å². The number of hydrogen-bond donors (Lipinski definition) is 1. The average Bonchev–Trinajstić information content (AvgIpc) is 3.09. The number of amides is 1. The molecule has 2 aromatic rings. The molecule has 0 spiro atoms. The van der Waals surface area contributed by atoms with Crippen LogP contribution in [-0.4, -0.2) is 56.3 Å². The lowest BCUT2D eigenvalue weighted by molar-refractivity contribution is 0.103. The van der Waals surface area contributed by atoms with E-state index in [4.69, 9.17) is 0 Å². The fraction of sp³-hybridized carbons (Fsp3) is 0.476. The minimum absolute atomic E-state index is 0.160. The van der Waals surface area contributed by atoms with Crippen LogP contribution in [0.5, 0.6) is 0 Å². The molecule has 1 amide bonds. The Bertz CT molecular complexity index is 944. The van der Waals surface area contributed by atoms with Crippen molar-refractivity contribution in [2.75, 3.05) is 38.0 Å². The Labute approximate surface area is 177 Å². The highest BCUT2D eigenvalue weighted by Gasteiger charge is 2.28. The summed E-state index contributed by atoms with van der Waals surface area (Å²) < 4.78 is 27.3. The monoisotopic (exact) mass is 435 g/mol. The van der Waals surface area contributed by atoms with Gasteiger partial charge in [-0.2, -0.15) is 4.31 Å². The van der Waals surface area contributed by atoms with Crippen LogP contribution >= 0.6 is 11.3 Å². The molecular weight excluding hydrogens is 406 g/mol. The van der Waals surface area contributed by atoms with Gasteiger partial charge in [0.25, 0.3) is 5.91 Å². The van der Waals surface area contributed by atoms with Gasteiger partial charge in [0.05, 0.1) is 9.77 Å². The van der Waals surface area contributed by atoms with Gasteiger partial charge in [-0.05, 0) is 55.8 Å². The molecule has 1 aromatic heterocycles. The molecule has 1 aromatic carbocycles. The first-order valence-corrected chi connectivity index (χ1v) is 12.3. The Morgan fingerprint density at radius 1 is 1.10 bits per heavy atom. The quantitative estimate of drug-likeness (QED) is 0.722. The third-order valence-corrected chi connectivity index (χ3v) is 8.30. The Morgan fingerprint density at radius 3 is 2.34 bits per heavy atom. The molecule has 0 unspecified atom stereocenters. The molecule has 1 saturated heterocycles. The van der Waals surface area contributed by atoms with Gasteiger partial charge >= 0.3 is 0 Å². The van der Waals surface area contributed by atoms with E-state index in [0.29, 0.717) is 23.7 Å². The number of nitrogens with one attached hydrogen (secondary N) is 1. The summed E-state index contributed by atoms with van der Waals surface area (Å²) in [6, 6.07) is 8.40. The molecule has 158 valence electrons. The number of piperazine rings is 1. The standard InChI is InChI=1S/C21H29N3O3S2/c1-4-6-17-15-20(28-16(17)3)21(25)22-18-7-9-19(10-8-18)29(26,27)24-13-11-23(5-2)12-14-24/h7-10,15H,4-6,11-14H2,1-3H3,(H,22,25). The molecule has 1 aliphatic heterocycles. The highest BCUT2D eigenvalue weighted by atomic mass is 32.2. The van der Waals surface area contributed by atoms with Crippen LogP contribution in [0.1, 0.15) is 40.4 Å². The molecule has 1 aliphatic rings. The number of anilines is 1. The third-order valence-electron chi connectivity index (χ3n) is 5.29. The van der Waals surface area contributed by atoms with Crippen LogP contribution in [0.2, 0.25) is 0 Å². The predicted molar refractivity (Wildman–Crippen MR) is 118 cm³/mol. The van der Waals surface area contributed by atoms with Gasteiger partial charge in [0.15, 0.2) is 0 Å². The van der Waals surface area contributed by atoms with Crippen molar-refractivity contribution >= 4 is 33.0 Å². The summed E-state index contributed by atoms with van der Waals surface area (Å²) in [6.45, 7) is 9.70. The van der Waals surface area contributed by atoms with Crippen LogP contribution in [0.3, 0.4) is 0 Å². The number of thiophene rings is 1. The van der Waals surface area contributed by atoms with Gasteiger partial charge in [-0.1, -0.05) is 20.3 Å². The van der Waals surface area contributed by atoms with E-state index in [1.807, 2.05) is 13.0 Å². The van der Waals surface area contributed by atoms with Crippen molar-refractivity contribution < 1.29 is 13.2 Å². The van der Waals surface area contributed by atoms with Crippen LogP contribution in [0.4, 0.5) is 5.69 Å². The Kier molecular flexibility index (Phi) is 7.10. The van der Waals surface area contributed by atoms with Crippen molar-refractivity contribution in [3.63, 3.8) is 0 Å². The maximum absolute atomic E-state index is 12.9. The zero-order valence-corrected chi connectivity index (χ0v) is 18.9. The van der Waals surface area contributed by atoms with Crippen molar-refractivity contribution in [3.8, 4) is 0 Å². The molecule has 0 bridgehead atoms. The zero-order chi connectivity index (χ0) is 21.0. The Balaban J connectivity index is 1.67. The van der Waals surface area contributed by atoms with E-state index in [1.54, 1.807) is 24.3 Å². The number of carbonyl (C=O) groups excluding carboxylic acids is 1. The summed E-state index contributed by atoms with van der Waals surface area (Å²) in [6.07, 6.45) is 2.01. The SMILES string of the molecule is CCCc1cc(C(=O)Nc2ccc(S(=O)(=O)N3CCN(CC)CC3)cc2)sc1C. The Hall–Kier alpha value is -1.74. The summed E-state index contributed by atoms with van der Waals surface area (Å²) in [7, 11) is -3.50. The molecule has 29 heavy (non-hydrogen) atoms. The molecule has 0 atom stereocenters. The highest BCUT2D eigenvalue weighted by molar-refractivity contribution is 7.89. The summed E-state index contributed by atoms with van der Waals surface area (Å²) in [5.41, 5.74) is 1.81. The molecule has 0 aliphatic carbocycles. The lowest BCUT2D eigenvalue weighted by Gasteiger charge is -2.33. The fourth-order valence-corrected chi connectivity index (χ4v) is 5.88. The average molecular weight is 436 g/mol. The number of carbonyl (C=O) groups is 1. The van der Waals surface area contributed by atoms with Crippen LogP contribution in [0.25, 0.3) is 0 Å². The number of sulfonamides is 1. The normalized spacial score (nSPS) is 16.1. The van der Waals surface area contributed by atoms with Crippen molar-refractivity contribution in [2.45, 2.75) is 38.5 Å². The Morgan fingerprint density at radius 2 is 1.76 bits per heavy atom. The molecule has 1 fully saturated rings. The van der Waals surface area contributed by atoms with E-state index in [0.717, 1.165) is 32.5 Å². The van der Waals surface area contributed by atoms with Crippen molar-refractivity contribution in [2.24, 2.45) is 0 Å². The van der Waals surface area contributed by atoms with Gasteiger partial charge in [0, 0.05) is 36.7 Å². The summed E-state index contributed by atoms with van der Waals surface area (Å²) in [4.78, 5) is 16.9. The second-order valence-electron chi connectivity index (χ2n) is 7.26. The molecule has 6 nitrogen and oxygen atoms in total. The minimum Gasteiger partial charge on any atom is -0.321 e. The molecule has 3 rings (SSSR count). The maximum atomic E-state index is 12.9. The zero-order valence-electron chi connectivity index (χ0n) is 17.3. The largest absolute Gasteiger partial charge is 0.321 e. The fourth-order valence-electron chi connectivity index (χ4n) is 3.49. The van der Waals surface area contributed by atoms with Crippen molar-refractivity contribution in [1.29, 1.82) is 0 Å². The molecule has 8 heteroatoms. The highest BCUT2D eigenvalue weighted by Crippen LogP contribution is 2.25. The smallest absolute Gasteiger partial charge is 0.265 e. The van der Waals surface area contributed by atoms with E-state index in [-0.39, 0.29) is 10.8 Å². The van der Waals surface area contributed by atoms with Crippen molar-refractivity contribution in [1.82, 2.24) is 9.21 Å². The van der Waals surface area contributed by atoms with E-state index in [2.05, 4.69) is 24.1 Å². The van der Waals surface area contributed by atoms with Gasteiger partial charge in [0.1, 0.15) is 0 Å². The number of hydrogen-bond acceptors (Lipinski definition) is 5. The summed E-state index contributed by atoms with van der Waals surface area (Å²) in [5.74, 6) is -0.160. The molecular formula is C21H29N3O3S2. The number of rotatable bonds is 7. The van der Waals surface area contributed by atoms with Gasteiger partial charge in [0.2, 0.25) is 10.0 Å².